The van der Waals surface area contributed by atoms with Crippen LogP contribution < -0.4 is 4.90 Å². The van der Waals surface area contributed by atoms with Crippen LogP contribution in [0.15, 0.2) is 43.0 Å². The fourth-order valence-electron chi connectivity index (χ4n) is 1.27. The molecule has 0 heterocycles. The molecule has 0 aromatic heterocycles. The zero-order chi connectivity index (χ0) is 11.3. The van der Waals surface area contributed by atoms with Gasteiger partial charge in [0.1, 0.15) is 5.38 Å². The predicted octanol–water partition coefficient (Wildman–Crippen LogP) is 2.83. The van der Waals surface area contributed by atoms with E-state index in [1.54, 1.807) is 17.9 Å². The molecule has 1 aromatic carbocycles. The van der Waals surface area contributed by atoms with Gasteiger partial charge in [0.15, 0.2) is 0 Å². The van der Waals surface area contributed by atoms with Gasteiger partial charge in [-0.05, 0) is 19.1 Å². The number of rotatable bonds is 4. The SMILES string of the molecule is C=CCN(C(=O)C(C)Cl)c1ccccc1. The molecule has 2 nitrogen and oxygen atoms in total. The number of para-hydroxylation sites is 1. The van der Waals surface area contributed by atoms with Crippen molar-refractivity contribution >= 4 is 23.2 Å². The molecule has 0 spiro atoms. The van der Waals surface area contributed by atoms with E-state index in [0.717, 1.165) is 5.69 Å². The van der Waals surface area contributed by atoms with Crippen LogP contribution >= 0.6 is 11.6 Å². The maximum Gasteiger partial charge on any atom is 0.245 e. The van der Waals surface area contributed by atoms with Gasteiger partial charge in [-0.15, -0.1) is 18.2 Å². The van der Waals surface area contributed by atoms with Gasteiger partial charge >= 0.3 is 0 Å². The molecule has 0 saturated carbocycles. The van der Waals surface area contributed by atoms with Crippen LogP contribution in [-0.4, -0.2) is 17.8 Å². The van der Waals surface area contributed by atoms with E-state index >= 15 is 0 Å². The minimum atomic E-state index is -0.523. The van der Waals surface area contributed by atoms with Gasteiger partial charge in [0.05, 0.1) is 0 Å². The number of amides is 1. The van der Waals surface area contributed by atoms with Gasteiger partial charge in [-0.2, -0.15) is 0 Å². The molecule has 0 radical (unpaired) electrons. The van der Waals surface area contributed by atoms with E-state index in [4.69, 9.17) is 11.6 Å². The van der Waals surface area contributed by atoms with Crippen molar-refractivity contribution in [2.75, 3.05) is 11.4 Å². The second-order valence-electron chi connectivity index (χ2n) is 3.19. The first-order valence-corrected chi connectivity index (χ1v) is 5.22. The number of carbonyl (C=O) groups is 1. The van der Waals surface area contributed by atoms with Crippen LogP contribution in [0.25, 0.3) is 0 Å². The van der Waals surface area contributed by atoms with Gasteiger partial charge in [-0.1, -0.05) is 24.3 Å². The molecule has 1 amide bonds. The molecule has 3 heteroatoms. The zero-order valence-electron chi connectivity index (χ0n) is 8.69. The van der Waals surface area contributed by atoms with Crippen LogP contribution in [0.1, 0.15) is 6.92 Å². The molecule has 0 aliphatic heterocycles. The quantitative estimate of drug-likeness (QED) is 0.568. The first-order valence-electron chi connectivity index (χ1n) is 4.78. The maximum absolute atomic E-state index is 11.8. The highest BCUT2D eigenvalue weighted by Crippen LogP contribution is 2.15. The average molecular weight is 224 g/mol. The van der Waals surface area contributed by atoms with Crippen LogP contribution in [0.3, 0.4) is 0 Å². The highest BCUT2D eigenvalue weighted by atomic mass is 35.5. The summed E-state index contributed by atoms with van der Waals surface area (Å²) in [6.45, 7) is 5.77. The maximum atomic E-state index is 11.8. The number of nitrogens with zero attached hydrogens (tertiary/aromatic N) is 1. The molecule has 1 aromatic rings. The fourth-order valence-corrected chi connectivity index (χ4v) is 1.39. The fraction of sp³-hybridized carbons (Fsp3) is 0.250. The van der Waals surface area contributed by atoms with E-state index in [0.29, 0.717) is 6.54 Å². The predicted molar refractivity (Wildman–Crippen MR) is 64.3 cm³/mol. The molecule has 0 saturated heterocycles. The number of hydrogen-bond donors (Lipinski definition) is 0. The van der Waals surface area contributed by atoms with Gasteiger partial charge in [0, 0.05) is 12.2 Å². The highest BCUT2D eigenvalue weighted by molar-refractivity contribution is 6.32. The highest BCUT2D eigenvalue weighted by Gasteiger charge is 2.18. The van der Waals surface area contributed by atoms with Crippen molar-refractivity contribution < 1.29 is 4.79 Å². The Morgan fingerprint density at radius 3 is 2.60 bits per heavy atom. The second kappa shape index (κ2) is 5.56. The number of anilines is 1. The third-order valence-corrected chi connectivity index (χ3v) is 2.17. The number of halogens is 1. The first-order chi connectivity index (χ1) is 7.16. The van der Waals surface area contributed by atoms with E-state index in [2.05, 4.69) is 6.58 Å². The molecular weight excluding hydrogens is 210 g/mol. The summed E-state index contributed by atoms with van der Waals surface area (Å²) in [6, 6.07) is 9.43. The molecule has 15 heavy (non-hydrogen) atoms. The van der Waals surface area contributed by atoms with Crippen molar-refractivity contribution in [2.45, 2.75) is 12.3 Å². The molecular formula is C12H14ClNO. The van der Waals surface area contributed by atoms with E-state index in [-0.39, 0.29) is 5.91 Å². The van der Waals surface area contributed by atoms with Crippen LogP contribution in [-0.2, 0) is 4.79 Å². The molecule has 1 atom stereocenters. The smallest absolute Gasteiger partial charge is 0.245 e. The van der Waals surface area contributed by atoms with E-state index in [1.807, 2.05) is 30.3 Å². The molecule has 0 N–H and O–H groups in total. The average Bonchev–Trinajstić information content (AvgIpc) is 2.26. The van der Waals surface area contributed by atoms with Crippen molar-refractivity contribution in [2.24, 2.45) is 0 Å². The van der Waals surface area contributed by atoms with Gasteiger partial charge in [0.2, 0.25) is 5.91 Å². The Hall–Kier alpha value is -1.28. The zero-order valence-corrected chi connectivity index (χ0v) is 9.45. The Balaban J connectivity index is 2.93. The third-order valence-electron chi connectivity index (χ3n) is 1.99. The standard InChI is InChI=1S/C12H14ClNO/c1-3-9-14(12(15)10(2)13)11-7-5-4-6-8-11/h3-8,10H,1,9H2,2H3. The Morgan fingerprint density at radius 2 is 2.13 bits per heavy atom. The lowest BCUT2D eigenvalue weighted by atomic mass is 10.2. The number of carbonyl (C=O) groups excluding carboxylic acids is 1. The Kier molecular flexibility index (Phi) is 4.37. The topological polar surface area (TPSA) is 20.3 Å². The number of benzene rings is 1. The Morgan fingerprint density at radius 1 is 1.53 bits per heavy atom. The van der Waals surface area contributed by atoms with Crippen LogP contribution in [0.2, 0.25) is 0 Å². The molecule has 0 bridgehead atoms. The summed E-state index contributed by atoms with van der Waals surface area (Å²) in [7, 11) is 0. The summed E-state index contributed by atoms with van der Waals surface area (Å²) in [6.07, 6.45) is 1.68. The van der Waals surface area contributed by atoms with Crippen LogP contribution in [0.4, 0.5) is 5.69 Å². The summed E-state index contributed by atoms with van der Waals surface area (Å²) in [5.41, 5.74) is 0.843. The van der Waals surface area contributed by atoms with Crippen molar-refractivity contribution in [3.63, 3.8) is 0 Å². The third kappa shape index (κ3) is 3.10. The van der Waals surface area contributed by atoms with Crippen molar-refractivity contribution in [1.29, 1.82) is 0 Å². The van der Waals surface area contributed by atoms with Gasteiger partial charge < -0.3 is 4.90 Å². The summed E-state index contributed by atoms with van der Waals surface area (Å²) in [5, 5.41) is -0.523. The minimum absolute atomic E-state index is 0.109. The molecule has 80 valence electrons. The molecule has 0 aliphatic rings. The van der Waals surface area contributed by atoms with Crippen LogP contribution in [0.5, 0.6) is 0 Å². The largest absolute Gasteiger partial charge is 0.307 e. The summed E-state index contributed by atoms with van der Waals surface area (Å²) in [5.74, 6) is -0.109. The first kappa shape index (κ1) is 11.8. The van der Waals surface area contributed by atoms with Crippen molar-refractivity contribution in [3.8, 4) is 0 Å². The van der Waals surface area contributed by atoms with Crippen LogP contribution in [0, 0.1) is 0 Å². The molecule has 0 aliphatic carbocycles. The summed E-state index contributed by atoms with van der Waals surface area (Å²) < 4.78 is 0. The lowest BCUT2D eigenvalue weighted by Gasteiger charge is -2.22. The molecule has 1 unspecified atom stereocenters. The van der Waals surface area contributed by atoms with E-state index in [1.165, 1.54) is 0 Å². The molecule has 0 fully saturated rings. The minimum Gasteiger partial charge on any atom is -0.307 e. The van der Waals surface area contributed by atoms with Gasteiger partial charge in [-0.25, -0.2) is 0 Å². The summed E-state index contributed by atoms with van der Waals surface area (Å²) in [4.78, 5) is 13.4. The Bertz CT molecular complexity index is 335. The molecule has 1 rings (SSSR count). The lowest BCUT2D eigenvalue weighted by Crippen LogP contribution is -2.35. The number of hydrogen-bond acceptors (Lipinski definition) is 1. The monoisotopic (exact) mass is 223 g/mol. The lowest BCUT2D eigenvalue weighted by molar-refractivity contribution is -0.117. The van der Waals surface area contributed by atoms with E-state index in [9.17, 15) is 4.79 Å². The van der Waals surface area contributed by atoms with E-state index < -0.39 is 5.38 Å². The normalized spacial score (nSPS) is 11.9. The Labute approximate surface area is 95.2 Å². The van der Waals surface area contributed by atoms with Crippen molar-refractivity contribution in [3.05, 3.63) is 43.0 Å². The summed E-state index contributed by atoms with van der Waals surface area (Å²) >= 11 is 5.78. The second-order valence-corrected chi connectivity index (χ2v) is 3.84. The van der Waals surface area contributed by atoms with Gasteiger partial charge in [0.25, 0.3) is 0 Å². The van der Waals surface area contributed by atoms with Crippen molar-refractivity contribution in [1.82, 2.24) is 0 Å². The number of alkyl halides is 1. The van der Waals surface area contributed by atoms with Gasteiger partial charge in [-0.3, -0.25) is 4.79 Å².